The van der Waals surface area contributed by atoms with Crippen molar-refractivity contribution >= 4 is 0 Å². The molecule has 1 aromatic rings. The van der Waals surface area contributed by atoms with Crippen LogP contribution in [-0.2, 0) is 0 Å². The average molecular weight is 251 g/mol. The molecule has 0 aliphatic heterocycles. The van der Waals surface area contributed by atoms with Crippen LogP contribution in [-0.4, -0.2) is 29.6 Å². The first-order valence-corrected chi connectivity index (χ1v) is 6.85. The molecule has 1 aliphatic carbocycles. The monoisotopic (exact) mass is 251 g/mol. The summed E-state index contributed by atoms with van der Waals surface area (Å²) in [5.41, 5.74) is 0.407. The van der Waals surface area contributed by atoms with Gasteiger partial charge >= 0.3 is 0 Å². The van der Waals surface area contributed by atoms with Gasteiger partial charge in [0.15, 0.2) is 0 Å². The van der Waals surface area contributed by atoms with E-state index in [0.717, 1.165) is 19.0 Å². The van der Waals surface area contributed by atoms with Gasteiger partial charge in [0.25, 0.3) is 0 Å². The summed E-state index contributed by atoms with van der Waals surface area (Å²) in [4.78, 5) is 2.22. The molecule has 2 rings (SSSR count). The van der Waals surface area contributed by atoms with E-state index in [1.165, 1.54) is 25.3 Å². The largest absolute Gasteiger partial charge is 0.387 e. The number of aliphatic hydroxyl groups is 1. The number of hydrogen-bond acceptors (Lipinski definition) is 2. The lowest BCUT2D eigenvalue weighted by molar-refractivity contribution is 0.0918. The molecule has 1 saturated carbocycles. The molecule has 0 bridgehead atoms. The fraction of sp³-hybridized carbons (Fsp3) is 0.600. The number of hydrogen-bond donors (Lipinski definition) is 1. The fourth-order valence-electron chi connectivity index (χ4n) is 2.46. The van der Waals surface area contributed by atoms with Gasteiger partial charge in [0.05, 0.1) is 6.10 Å². The zero-order valence-electron chi connectivity index (χ0n) is 11.0. The van der Waals surface area contributed by atoms with Crippen LogP contribution in [0.2, 0.25) is 0 Å². The number of likely N-dealkylation sites (N-methyl/N-ethyl adjacent to an activating group) is 1. The van der Waals surface area contributed by atoms with Gasteiger partial charge in [0, 0.05) is 18.7 Å². The van der Waals surface area contributed by atoms with Crippen molar-refractivity contribution in [3.63, 3.8) is 0 Å². The SMILES string of the molecule is CCN(CC1CCC1)CC(O)c1ccccc1F. The summed E-state index contributed by atoms with van der Waals surface area (Å²) in [6, 6.07) is 6.49. The first kappa shape index (κ1) is 13.5. The van der Waals surface area contributed by atoms with Gasteiger partial charge in [0.1, 0.15) is 5.82 Å². The summed E-state index contributed by atoms with van der Waals surface area (Å²) in [6.45, 7) is 4.55. The van der Waals surface area contributed by atoms with Crippen LogP contribution in [0.3, 0.4) is 0 Å². The maximum atomic E-state index is 13.6. The van der Waals surface area contributed by atoms with Crippen LogP contribution >= 0.6 is 0 Å². The lowest BCUT2D eigenvalue weighted by Crippen LogP contribution is -2.35. The van der Waals surface area contributed by atoms with Gasteiger partial charge in [-0.1, -0.05) is 31.5 Å². The minimum absolute atomic E-state index is 0.315. The molecular formula is C15H22FNO. The molecule has 1 N–H and O–H groups in total. The molecule has 0 radical (unpaired) electrons. The number of aliphatic hydroxyl groups excluding tert-OH is 1. The van der Waals surface area contributed by atoms with Crippen molar-refractivity contribution in [2.75, 3.05) is 19.6 Å². The summed E-state index contributed by atoms with van der Waals surface area (Å²) in [5.74, 6) is 0.461. The van der Waals surface area contributed by atoms with Gasteiger partial charge in [-0.05, 0) is 31.4 Å². The van der Waals surface area contributed by atoms with Crippen molar-refractivity contribution in [3.05, 3.63) is 35.6 Å². The average Bonchev–Trinajstić information content (AvgIpc) is 2.32. The molecule has 0 amide bonds. The van der Waals surface area contributed by atoms with E-state index in [1.54, 1.807) is 18.2 Å². The van der Waals surface area contributed by atoms with E-state index in [2.05, 4.69) is 11.8 Å². The smallest absolute Gasteiger partial charge is 0.129 e. The Morgan fingerprint density at radius 2 is 2.11 bits per heavy atom. The molecular weight excluding hydrogens is 229 g/mol. The fourth-order valence-corrected chi connectivity index (χ4v) is 2.46. The van der Waals surface area contributed by atoms with Crippen LogP contribution in [0.1, 0.15) is 37.9 Å². The van der Waals surface area contributed by atoms with Gasteiger partial charge in [-0.25, -0.2) is 4.39 Å². The topological polar surface area (TPSA) is 23.5 Å². The van der Waals surface area contributed by atoms with E-state index in [1.807, 2.05) is 0 Å². The Balaban J connectivity index is 1.92. The summed E-state index contributed by atoms with van der Waals surface area (Å²) in [7, 11) is 0. The Morgan fingerprint density at radius 3 is 2.67 bits per heavy atom. The first-order chi connectivity index (χ1) is 8.70. The van der Waals surface area contributed by atoms with Gasteiger partial charge in [-0.2, -0.15) is 0 Å². The summed E-state index contributed by atoms with van der Waals surface area (Å²) in [5, 5.41) is 10.1. The van der Waals surface area contributed by atoms with Crippen molar-refractivity contribution in [1.29, 1.82) is 0 Å². The number of benzene rings is 1. The Labute approximate surface area is 108 Å². The Bertz CT molecular complexity index is 379. The molecule has 0 aromatic heterocycles. The third-order valence-electron chi connectivity index (χ3n) is 3.88. The van der Waals surface area contributed by atoms with Crippen LogP contribution in [0.15, 0.2) is 24.3 Å². The Kier molecular flexibility index (Phi) is 4.72. The van der Waals surface area contributed by atoms with E-state index < -0.39 is 6.10 Å². The molecule has 1 aliphatic rings. The van der Waals surface area contributed by atoms with E-state index >= 15 is 0 Å². The minimum Gasteiger partial charge on any atom is -0.387 e. The van der Waals surface area contributed by atoms with E-state index in [9.17, 15) is 9.50 Å². The molecule has 1 unspecified atom stereocenters. The predicted octanol–water partition coefficient (Wildman–Crippen LogP) is 2.98. The molecule has 1 fully saturated rings. The lowest BCUT2D eigenvalue weighted by atomic mass is 9.85. The van der Waals surface area contributed by atoms with Crippen molar-refractivity contribution in [2.24, 2.45) is 5.92 Å². The summed E-state index contributed by atoms with van der Waals surface area (Å²) < 4.78 is 13.6. The van der Waals surface area contributed by atoms with Gasteiger partial charge in [-0.15, -0.1) is 0 Å². The van der Waals surface area contributed by atoms with Crippen molar-refractivity contribution in [1.82, 2.24) is 4.90 Å². The van der Waals surface area contributed by atoms with Crippen LogP contribution in [0.5, 0.6) is 0 Å². The highest BCUT2D eigenvalue weighted by molar-refractivity contribution is 5.20. The molecule has 0 spiro atoms. The molecule has 100 valence electrons. The maximum absolute atomic E-state index is 13.6. The number of rotatable bonds is 6. The molecule has 18 heavy (non-hydrogen) atoms. The predicted molar refractivity (Wildman–Crippen MR) is 70.8 cm³/mol. The number of halogens is 1. The second-order valence-corrected chi connectivity index (χ2v) is 5.19. The minimum atomic E-state index is -0.730. The Morgan fingerprint density at radius 1 is 1.39 bits per heavy atom. The highest BCUT2D eigenvalue weighted by atomic mass is 19.1. The van der Waals surface area contributed by atoms with Crippen molar-refractivity contribution < 1.29 is 9.50 Å². The molecule has 1 atom stereocenters. The van der Waals surface area contributed by atoms with E-state index in [-0.39, 0.29) is 5.82 Å². The van der Waals surface area contributed by atoms with Crippen LogP contribution in [0, 0.1) is 11.7 Å². The van der Waals surface area contributed by atoms with Gasteiger partial charge in [-0.3, -0.25) is 0 Å². The van der Waals surface area contributed by atoms with Gasteiger partial charge in [0.2, 0.25) is 0 Å². The highest BCUT2D eigenvalue weighted by Gasteiger charge is 2.22. The zero-order valence-corrected chi connectivity index (χ0v) is 11.0. The van der Waals surface area contributed by atoms with E-state index in [4.69, 9.17) is 0 Å². The van der Waals surface area contributed by atoms with Crippen LogP contribution < -0.4 is 0 Å². The quantitative estimate of drug-likeness (QED) is 0.840. The molecule has 1 aromatic carbocycles. The molecule has 0 saturated heterocycles. The van der Waals surface area contributed by atoms with Crippen LogP contribution in [0.25, 0.3) is 0 Å². The maximum Gasteiger partial charge on any atom is 0.129 e. The highest BCUT2D eigenvalue weighted by Crippen LogP contribution is 2.28. The zero-order chi connectivity index (χ0) is 13.0. The molecule has 3 heteroatoms. The van der Waals surface area contributed by atoms with Gasteiger partial charge < -0.3 is 10.0 Å². The Hall–Kier alpha value is -0.930. The number of nitrogens with zero attached hydrogens (tertiary/aromatic N) is 1. The molecule has 0 heterocycles. The third kappa shape index (κ3) is 3.30. The van der Waals surface area contributed by atoms with Crippen molar-refractivity contribution in [2.45, 2.75) is 32.3 Å². The third-order valence-corrected chi connectivity index (χ3v) is 3.88. The normalized spacial score (nSPS) is 17.8. The van der Waals surface area contributed by atoms with Crippen molar-refractivity contribution in [3.8, 4) is 0 Å². The second kappa shape index (κ2) is 6.30. The summed E-state index contributed by atoms with van der Waals surface area (Å²) >= 11 is 0. The second-order valence-electron chi connectivity index (χ2n) is 5.19. The standard InChI is InChI=1S/C15H22FNO/c1-2-17(10-12-6-5-7-12)11-15(18)13-8-3-4-9-14(13)16/h3-4,8-9,12,15,18H,2,5-7,10-11H2,1H3. The first-order valence-electron chi connectivity index (χ1n) is 6.85. The van der Waals surface area contributed by atoms with E-state index in [0.29, 0.717) is 12.1 Å². The summed E-state index contributed by atoms with van der Waals surface area (Å²) in [6.07, 6.45) is 3.20. The lowest BCUT2D eigenvalue weighted by Gasteiger charge is -2.32. The van der Waals surface area contributed by atoms with Crippen LogP contribution in [0.4, 0.5) is 4.39 Å². The molecule has 2 nitrogen and oxygen atoms in total.